The van der Waals surface area contributed by atoms with Crippen molar-refractivity contribution in [1.29, 1.82) is 0 Å². The Hall–Kier alpha value is -4.04. The van der Waals surface area contributed by atoms with Gasteiger partial charge in [0, 0.05) is 37.0 Å². The topological polar surface area (TPSA) is 83.2 Å². The maximum Gasteiger partial charge on any atom is 0.179 e. The number of morpholine rings is 1. The second-order valence-electron chi connectivity index (χ2n) is 8.00. The van der Waals surface area contributed by atoms with Crippen LogP contribution in [0.15, 0.2) is 83.2 Å². The minimum atomic E-state index is 0.478. The Balaban J connectivity index is 1.37. The molecule has 1 fully saturated rings. The molecule has 4 heterocycles. The van der Waals surface area contributed by atoms with Gasteiger partial charge < -0.3 is 14.6 Å². The highest BCUT2D eigenvalue weighted by Gasteiger charge is 2.18. The van der Waals surface area contributed by atoms with Crippen LogP contribution in [0.1, 0.15) is 5.56 Å². The van der Waals surface area contributed by atoms with Crippen LogP contribution in [0.2, 0.25) is 0 Å². The van der Waals surface area contributed by atoms with Crippen molar-refractivity contribution < 1.29 is 4.74 Å². The maximum atomic E-state index is 5.55. The van der Waals surface area contributed by atoms with E-state index < -0.39 is 0 Å². The summed E-state index contributed by atoms with van der Waals surface area (Å²) in [6.45, 7) is 3.45. The quantitative estimate of drug-likeness (QED) is 0.392. The first-order valence-corrected chi connectivity index (χ1v) is 11.1. The highest BCUT2D eigenvalue weighted by atomic mass is 16.5. The van der Waals surface area contributed by atoms with E-state index in [4.69, 9.17) is 14.8 Å². The Labute approximate surface area is 190 Å². The summed E-state index contributed by atoms with van der Waals surface area (Å²) < 4.78 is 7.44. The largest absolute Gasteiger partial charge is 0.378 e. The van der Waals surface area contributed by atoms with E-state index in [1.54, 1.807) is 0 Å². The third-order valence-corrected chi connectivity index (χ3v) is 5.89. The van der Waals surface area contributed by atoms with Crippen LogP contribution in [-0.4, -0.2) is 45.9 Å². The normalized spacial score (nSPS) is 14.6. The number of nitrogens with one attached hydrogen (secondary N) is 1. The third kappa shape index (κ3) is 3.85. The van der Waals surface area contributed by atoms with Crippen LogP contribution in [0, 0.1) is 0 Å². The van der Waals surface area contributed by atoms with E-state index in [0.717, 1.165) is 46.9 Å². The van der Waals surface area contributed by atoms with Crippen LogP contribution in [-0.2, 0) is 11.3 Å². The summed E-state index contributed by atoms with van der Waals surface area (Å²) in [6, 6.07) is 22.3. The number of benzene rings is 2. The summed E-state index contributed by atoms with van der Waals surface area (Å²) in [4.78, 5) is 10.3. The fraction of sp³-hybridized carbons (Fsp3) is 0.200. The molecule has 1 saturated heterocycles. The molecule has 1 N–H and O–H groups in total. The molecule has 2 aromatic carbocycles. The number of azo groups is 1. The number of ether oxygens (including phenoxy) is 1. The Morgan fingerprint density at radius 3 is 2.73 bits per heavy atom. The molecule has 1 aliphatic rings. The molecule has 8 heteroatoms. The molecule has 6 rings (SSSR count). The number of hydrogen-bond donors (Lipinski definition) is 1. The van der Waals surface area contributed by atoms with Crippen molar-refractivity contribution in [3.8, 4) is 11.3 Å². The SMILES string of the molecule is c1ccc(-c2cc3nc(N=NCc4cccc5cc[nH]c45)cc(N4CCOCC4)n3n2)cc1. The molecule has 3 aromatic heterocycles. The van der Waals surface area contributed by atoms with Gasteiger partial charge in [-0.3, -0.25) is 0 Å². The molecule has 0 atom stereocenters. The number of para-hydroxylation sites is 1. The molecule has 1 aliphatic heterocycles. The number of H-pyrrole nitrogens is 1. The number of nitrogens with zero attached hydrogens (tertiary/aromatic N) is 6. The molecule has 0 spiro atoms. The Morgan fingerprint density at radius 2 is 1.85 bits per heavy atom. The van der Waals surface area contributed by atoms with Crippen molar-refractivity contribution >= 4 is 28.2 Å². The second kappa shape index (κ2) is 8.48. The highest BCUT2D eigenvalue weighted by molar-refractivity contribution is 5.82. The minimum absolute atomic E-state index is 0.478. The molecule has 0 aliphatic carbocycles. The monoisotopic (exact) mass is 437 g/mol. The van der Waals surface area contributed by atoms with Crippen LogP contribution >= 0.6 is 0 Å². The first kappa shape index (κ1) is 19.6. The summed E-state index contributed by atoms with van der Waals surface area (Å²) in [6.07, 6.45) is 1.94. The lowest BCUT2D eigenvalue weighted by molar-refractivity contribution is 0.122. The van der Waals surface area contributed by atoms with Gasteiger partial charge in [-0.05, 0) is 17.0 Å². The fourth-order valence-corrected chi connectivity index (χ4v) is 4.23. The molecule has 0 saturated carbocycles. The van der Waals surface area contributed by atoms with Crippen LogP contribution in [0.25, 0.3) is 27.8 Å². The number of rotatable bonds is 5. The maximum absolute atomic E-state index is 5.55. The van der Waals surface area contributed by atoms with Gasteiger partial charge >= 0.3 is 0 Å². The van der Waals surface area contributed by atoms with Gasteiger partial charge in [0.2, 0.25) is 0 Å². The molecular weight excluding hydrogens is 414 g/mol. The Bertz CT molecular complexity index is 1430. The molecule has 8 nitrogen and oxygen atoms in total. The number of anilines is 1. The fourth-order valence-electron chi connectivity index (χ4n) is 4.23. The molecular formula is C25H23N7O. The minimum Gasteiger partial charge on any atom is -0.378 e. The lowest BCUT2D eigenvalue weighted by atomic mass is 10.1. The van der Waals surface area contributed by atoms with E-state index in [0.29, 0.717) is 25.6 Å². The lowest BCUT2D eigenvalue weighted by Gasteiger charge is -2.28. The van der Waals surface area contributed by atoms with Gasteiger partial charge in [-0.15, -0.1) is 5.11 Å². The average molecular weight is 438 g/mol. The van der Waals surface area contributed by atoms with E-state index in [9.17, 15) is 0 Å². The molecule has 164 valence electrons. The number of hydrogen-bond acceptors (Lipinski definition) is 6. The van der Waals surface area contributed by atoms with Gasteiger partial charge in [-0.2, -0.15) is 14.7 Å². The smallest absolute Gasteiger partial charge is 0.179 e. The summed E-state index contributed by atoms with van der Waals surface area (Å²) in [7, 11) is 0. The van der Waals surface area contributed by atoms with Gasteiger partial charge in [0.1, 0.15) is 5.82 Å². The van der Waals surface area contributed by atoms with Crippen molar-refractivity contribution in [2.75, 3.05) is 31.2 Å². The van der Waals surface area contributed by atoms with Crippen molar-refractivity contribution in [3.05, 3.63) is 78.5 Å². The van der Waals surface area contributed by atoms with E-state index in [-0.39, 0.29) is 0 Å². The van der Waals surface area contributed by atoms with Crippen LogP contribution in [0.4, 0.5) is 11.6 Å². The van der Waals surface area contributed by atoms with Crippen molar-refractivity contribution in [1.82, 2.24) is 19.6 Å². The van der Waals surface area contributed by atoms with Crippen LogP contribution in [0.3, 0.4) is 0 Å². The molecule has 33 heavy (non-hydrogen) atoms. The summed E-state index contributed by atoms with van der Waals surface area (Å²) in [5, 5.41) is 15.0. The lowest BCUT2D eigenvalue weighted by Crippen LogP contribution is -2.37. The van der Waals surface area contributed by atoms with Gasteiger partial charge in [0.25, 0.3) is 0 Å². The number of fused-ring (bicyclic) bond motifs is 2. The summed E-state index contributed by atoms with van der Waals surface area (Å²) in [5.41, 5.74) is 4.88. The standard InChI is InChI=1S/C25H23N7O/c1-2-5-18(6-3-1)21-15-23-28-22(16-24(32(23)30-21)31-11-13-33-14-12-31)29-27-17-20-8-4-7-19-9-10-26-25(19)20/h1-10,15-16,26H,11-14,17H2. The van der Waals surface area contributed by atoms with E-state index in [1.807, 2.05) is 47.1 Å². The molecule has 5 aromatic rings. The first-order chi connectivity index (χ1) is 16.3. The zero-order valence-electron chi connectivity index (χ0n) is 18.1. The Kier molecular flexibility index (Phi) is 5.04. The molecule has 0 unspecified atom stereocenters. The zero-order valence-corrected chi connectivity index (χ0v) is 18.1. The van der Waals surface area contributed by atoms with E-state index >= 15 is 0 Å². The predicted octanol–water partition coefficient (Wildman–Crippen LogP) is 5.00. The number of aromatic amines is 1. The van der Waals surface area contributed by atoms with Gasteiger partial charge in [0.05, 0.1) is 31.0 Å². The highest BCUT2D eigenvalue weighted by Crippen LogP contribution is 2.27. The zero-order chi connectivity index (χ0) is 22.0. The van der Waals surface area contributed by atoms with Gasteiger partial charge in [-0.1, -0.05) is 48.5 Å². The van der Waals surface area contributed by atoms with Crippen LogP contribution in [0.5, 0.6) is 0 Å². The summed E-state index contributed by atoms with van der Waals surface area (Å²) in [5.74, 6) is 1.52. The van der Waals surface area contributed by atoms with E-state index in [1.165, 1.54) is 5.39 Å². The Morgan fingerprint density at radius 1 is 0.970 bits per heavy atom. The third-order valence-electron chi connectivity index (χ3n) is 5.89. The van der Waals surface area contributed by atoms with Gasteiger partial charge in [0.15, 0.2) is 11.5 Å². The molecule has 0 amide bonds. The molecule has 0 bridgehead atoms. The second-order valence-corrected chi connectivity index (χ2v) is 8.00. The molecule has 0 radical (unpaired) electrons. The predicted molar refractivity (Wildman–Crippen MR) is 128 cm³/mol. The first-order valence-electron chi connectivity index (χ1n) is 11.1. The van der Waals surface area contributed by atoms with Crippen LogP contribution < -0.4 is 4.90 Å². The van der Waals surface area contributed by atoms with Crippen molar-refractivity contribution in [2.24, 2.45) is 10.2 Å². The summed E-state index contributed by atoms with van der Waals surface area (Å²) >= 11 is 0. The van der Waals surface area contributed by atoms with Gasteiger partial charge in [-0.25, -0.2) is 4.98 Å². The van der Waals surface area contributed by atoms with Crippen molar-refractivity contribution in [3.63, 3.8) is 0 Å². The van der Waals surface area contributed by atoms with Crippen molar-refractivity contribution in [2.45, 2.75) is 6.54 Å². The average Bonchev–Trinajstić information content (AvgIpc) is 3.52. The van der Waals surface area contributed by atoms with E-state index in [2.05, 4.69) is 50.4 Å². The number of aromatic nitrogens is 4.